The second kappa shape index (κ2) is 8.22. The zero-order valence-corrected chi connectivity index (χ0v) is 18.5. The van der Waals surface area contributed by atoms with Crippen LogP contribution in [0.5, 0.6) is 0 Å². The van der Waals surface area contributed by atoms with Gasteiger partial charge in [-0.05, 0) is 57.2 Å². The molecule has 158 valence electrons. The molecule has 0 bridgehead atoms. The first-order chi connectivity index (χ1) is 14.8. The van der Waals surface area contributed by atoms with Crippen molar-refractivity contribution in [2.75, 3.05) is 10.2 Å². The molecule has 0 saturated heterocycles. The van der Waals surface area contributed by atoms with Crippen LogP contribution in [0, 0.1) is 6.92 Å². The standard InChI is InChI=1S/C26H25ClN2O2/c1-17-9-11-20(12-10-17)26(31)25(28-22-7-5-4-6-8-22)24(19(3)30)18(2)29(26)23-15-13-21(27)14-16-23/h4-16,25,28,31H,1-3H3. The number of hydrogen-bond acceptors (Lipinski definition) is 4. The number of hydrogen-bond donors (Lipinski definition) is 2. The third kappa shape index (κ3) is 3.73. The maximum atomic E-state index is 12.8. The summed E-state index contributed by atoms with van der Waals surface area (Å²) in [4.78, 5) is 14.6. The van der Waals surface area contributed by atoms with Crippen molar-refractivity contribution in [2.45, 2.75) is 32.5 Å². The van der Waals surface area contributed by atoms with E-state index < -0.39 is 11.8 Å². The van der Waals surface area contributed by atoms with E-state index in [4.69, 9.17) is 11.6 Å². The topological polar surface area (TPSA) is 52.6 Å². The van der Waals surface area contributed by atoms with E-state index in [-0.39, 0.29) is 5.78 Å². The highest BCUT2D eigenvalue weighted by Crippen LogP contribution is 2.47. The van der Waals surface area contributed by atoms with Gasteiger partial charge in [0.05, 0.1) is 0 Å². The fraction of sp³-hybridized carbons (Fsp3) is 0.192. The van der Waals surface area contributed by atoms with Gasteiger partial charge in [-0.3, -0.25) is 4.79 Å². The van der Waals surface area contributed by atoms with E-state index in [1.165, 1.54) is 0 Å². The van der Waals surface area contributed by atoms with Crippen molar-refractivity contribution in [2.24, 2.45) is 0 Å². The molecule has 2 N–H and O–H groups in total. The molecule has 5 heteroatoms. The van der Waals surface area contributed by atoms with Crippen LogP contribution in [0.4, 0.5) is 11.4 Å². The normalized spacial score (nSPS) is 20.8. The first-order valence-electron chi connectivity index (χ1n) is 10.2. The number of carbonyl (C=O) groups is 1. The molecule has 1 aliphatic heterocycles. The van der Waals surface area contributed by atoms with Gasteiger partial charge in [0.15, 0.2) is 11.5 Å². The number of Topliss-reactive ketones (excluding diaryl/α,β-unsaturated/α-hetero) is 1. The summed E-state index contributed by atoms with van der Waals surface area (Å²) in [6.07, 6.45) is 0. The van der Waals surface area contributed by atoms with Crippen LogP contribution in [0.1, 0.15) is 25.0 Å². The Morgan fingerprint density at radius 2 is 1.58 bits per heavy atom. The number of nitrogens with one attached hydrogen (secondary N) is 1. The van der Waals surface area contributed by atoms with Gasteiger partial charge in [0.2, 0.25) is 0 Å². The van der Waals surface area contributed by atoms with Crippen molar-refractivity contribution in [3.8, 4) is 0 Å². The summed E-state index contributed by atoms with van der Waals surface area (Å²) in [7, 11) is 0. The lowest BCUT2D eigenvalue weighted by atomic mass is 9.89. The maximum absolute atomic E-state index is 12.8. The van der Waals surface area contributed by atoms with Crippen LogP contribution in [0.2, 0.25) is 5.02 Å². The Kier molecular flexibility index (Phi) is 5.61. The van der Waals surface area contributed by atoms with E-state index in [1.54, 1.807) is 19.1 Å². The van der Waals surface area contributed by atoms with E-state index in [0.29, 0.717) is 21.9 Å². The van der Waals surface area contributed by atoms with E-state index in [0.717, 1.165) is 16.9 Å². The molecule has 3 aromatic rings. The number of carbonyl (C=O) groups excluding carboxylic acids is 1. The molecule has 1 heterocycles. The molecule has 31 heavy (non-hydrogen) atoms. The minimum absolute atomic E-state index is 0.0899. The lowest BCUT2D eigenvalue weighted by Gasteiger charge is -2.41. The molecular formula is C26H25ClN2O2. The van der Waals surface area contributed by atoms with Gasteiger partial charge in [0.1, 0.15) is 6.04 Å². The number of benzene rings is 3. The predicted octanol–water partition coefficient (Wildman–Crippen LogP) is 5.66. The Hall–Kier alpha value is -3.08. The Morgan fingerprint density at radius 1 is 0.968 bits per heavy atom. The van der Waals surface area contributed by atoms with Crippen LogP contribution >= 0.6 is 11.6 Å². The summed E-state index contributed by atoms with van der Waals surface area (Å²) >= 11 is 6.12. The number of aryl methyl sites for hydroxylation is 1. The molecule has 0 amide bonds. The summed E-state index contributed by atoms with van der Waals surface area (Å²) in [5, 5.41) is 16.4. The highest BCUT2D eigenvalue weighted by atomic mass is 35.5. The Morgan fingerprint density at radius 3 is 2.16 bits per heavy atom. The number of nitrogens with zero attached hydrogens (tertiary/aromatic N) is 1. The fourth-order valence-corrected chi connectivity index (χ4v) is 4.45. The highest BCUT2D eigenvalue weighted by Gasteiger charge is 2.54. The monoisotopic (exact) mass is 432 g/mol. The molecule has 4 rings (SSSR count). The summed E-state index contributed by atoms with van der Waals surface area (Å²) < 4.78 is 0. The average Bonchev–Trinajstić information content (AvgIpc) is 2.97. The minimum Gasteiger partial charge on any atom is -0.373 e. The summed E-state index contributed by atoms with van der Waals surface area (Å²) in [6, 6.07) is 24.0. The molecule has 0 aliphatic carbocycles. The van der Waals surface area contributed by atoms with Gasteiger partial charge in [-0.15, -0.1) is 0 Å². The molecule has 0 spiro atoms. The first-order valence-corrected chi connectivity index (χ1v) is 10.6. The number of para-hydroxylation sites is 1. The summed E-state index contributed by atoms with van der Waals surface area (Å²) in [6.45, 7) is 5.42. The van der Waals surface area contributed by atoms with Crippen molar-refractivity contribution < 1.29 is 9.90 Å². The van der Waals surface area contributed by atoms with E-state index in [9.17, 15) is 9.90 Å². The van der Waals surface area contributed by atoms with Crippen LogP contribution in [0.3, 0.4) is 0 Å². The van der Waals surface area contributed by atoms with Crippen LogP contribution in [0.25, 0.3) is 0 Å². The number of anilines is 2. The molecule has 3 aromatic carbocycles. The smallest absolute Gasteiger partial charge is 0.193 e. The number of ketones is 1. The third-order valence-corrected chi connectivity index (χ3v) is 6.03. The van der Waals surface area contributed by atoms with Crippen LogP contribution in [0.15, 0.2) is 90.1 Å². The molecule has 2 unspecified atom stereocenters. The van der Waals surface area contributed by atoms with Gasteiger partial charge in [-0.25, -0.2) is 0 Å². The van der Waals surface area contributed by atoms with E-state index in [1.807, 2.05) is 85.5 Å². The van der Waals surface area contributed by atoms with Crippen molar-refractivity contribution in [3.05, 3.63) is 106 Å². The average molecular weight is 433 g/mol. The van der Waals surface area contributed by atoms with Crippen LogP contribution in [-0.2, 0) is 10.5 Å². The van der Waals surface area contributed by atoms with E-state index in [2.05, 4.69) is 5.32 Å². The SMILES string of the molecule is CC(=O)C1=C(C)N(c2ccc(Cl)cc2)C(O)(c2ccc(C)cc2)C1Nc1ccccc1. The quantitative estimate of drug-likeness (QED) is 0.546. The lowest BCUT2D eigenvalue weighted by molar-refractivity contribution is -0.114. The van der Waals surface area contributed by atoms with Gasteiger partial charge in [-0.1, -0.05) is 59.6 Å². The highest BCUT2D eigenvalue weighted by molar-refractivity contribution is 6.30. The van der Waals surface area contributed by atoms with Crippen LogP contribution in [-0.4, -0.2) is 16.9 Å². The first kappa shape index (κ1) is 21.2. The van der Waals surface area contributed by atoms with Gasteiger partial charge in [0, 0.05) is 33.2 Å². The fourth-order valence-electron chi connectivity index (χ4n) is 4.32. The lowest BCUT2D eigenvalue weighted by Crippen LogP contribution is -2.52. The minimum atomic E-state index is -1.53. The van der Waals surface area contributed by atoms with Crippen molar-refractivity contribution in [1.29, 1.82) is 0 Å². The second-order valence-electron chi connectivity index (χ2n) is 7.90. The van der Waals surface area contributed by atoms with Crippen molar-refractivity contribution in [1.82, 2.24) is 0 Å². The Bertz CT molecular complexity index is 1120. The largest absolute Gasteiger partial charge is 0.373 e. The van der Waals surface area contributed by atoms with Gasteiger partial charge < -0.3 is 15.3 Å². The van der Waals surface area contributed by atoms with Gasteiger partial charge >= 0.3 is 0 Å². The molecule has 0 saturated carbocycles. The van der Waals surface area contributed by atoms with Crippen molar-refractivity contribution in [3.63, 3.8) is 0 Å². The number of aliphatic hydroxyl groups is 1. The van der Waals surface area contributed by atoms with Gasteiger partial charge in [-0.2, -0.15) is 0 Å². The van der Waals surface area contributed by atoms with Gasteiger partial charge in [0.25, 0.3) is 0 Å². The Labute approximate surface area is 187 Å². The zero-order chi connectivity index (χ0) is 22.2. The number of allylic oxidation sites excluding steroid dienone is 1. The molecular weight excluding hydrogens is 408 g/mol. The predicted molar refractivity (Wildman–Crippen MR) is 126 cm³/mol. The summed E-state index contributed by atoms with van der Waals surface area (Å²) in [5.41, 5.74) is 3.07. The zero-order valence-electron chi connectivity index (χ0n) is 17.8. The molecule has 0 fully saturated rings. The van der Waals surface area contributed by atoms with Crippen molar-refractivity contribution >= 4 is 28.8 Å². The maximum Gasteiger partial charge on any atom is 0.193 e. The number of halogens is 1. The molecule has 2 atom stereocenters. The summed E-state index contributed by atoms with van der Waals surface area (Å²) in [5.74, 6) is -0.0899. The molecule has 1 aliphatic rings. The Balaban J connectivity index is 1.94. The molecule has 0 aromatic heterocycles. The number of rotatable bonds is 5. The molecule has 4 nitrogen and oxygen atoms in total. The van der Waals surface area contributed by atoms with Crippen LogP contribution < -0.4 is 10.2 Å². The molecule has 0 radical (unpaired) electrons. The second-order valence-corrected chi connectivity index (χ2v) is 8.34. The van der Waals surface area contributed by atoms with E-state index >= 15 is 0 Å². The third-order valence-electron chi connectivity index (χ3n) is 5.78.